The molecular formula is C5H6N4O2. The molecule has 0 aliphatic carbocycles. The second-order valence-electron chi connectivity index (χ2n) is 1.71. The summed E-state index contributed by atoms with van der Waals surface area (Å²) in [5.41, 5.74) is -0.171. The fourth-order valence-electron chi connectivity index (χ4n) is 0.603. The van der Waals surface area contributed by atoms with Gasteiger partial charge in [-0.05, 0) is 0 Å². The lowest BCUT2D eigenvalue weighted by Gasteiger charge is -1.98. The van der Waals surface area contributed by atoms with E-state index >= 15 is 0 Å². The smallest absolute Gasteiger partial charge is 0.360 e. The zero-order valence-electron chi connectivity index (χ0n) is 5.77. The standard InChI is InChI=1S/C5H6N4O2/c1-6-4-3(5(10)11)9-8-2-7-4/h2H,1H3,(H,10,11)(H,6,7,8). The molecule has 6 heteroatoms. The van der Waals surface area contributed by atoms with Gasteiger partial charge in [0.2, 0.25) is 5.69 Å². The Morgan fingerprint density at radius 1 is 1.73 bits per heavy atom. The third kappa shape index (κ3) is 1.40. The van der Waals surface area contributed by atoms with E-state index in [0.717, 1.165) is 0 Å². The summed E-state index contributed by atoms with van der Waals surface area (Å²) < 4.78 is 0. The third-order valence-corrected chi connectivity index (χ3v) is 1.06. The molecule has 0 fully saturated rings. The first-order valence-electron chi connectivity index (χ1n) is 2.84. The van der Waals surface area contributed by atoms with Crippen molar-refractivity contribution in [2.24, 2.45) is 0 Å². The first kappa shape index (κ1) is 7.39. The van der Waals surface area contributed by atoms with Gasteiger partial charge in [-0.2, -0.15) is 0 Å². The number of nitrogens with zero attached hydrogens (tertiary/aromatic N) is 3. The number of aromatic carboxylic acids is 1. The molecule has 0 amide bonds. The van der Waals surface area contributed by atoms with Crippen molar-refractivity contribution in [3.05, 3.63) is 12.0 Å². The zero-order chi connectivity index (χ0) is 8.27. The summed E-state index contributed by atoms with van der Waals surface area (Å²) >= 11 is 0. The van der Waals surface area contributed by atoms with Gasteiger partial charge in [0.25, 0.3) is 0 Å². The lowest BCUT2D eigenvalue weighted by molar-refractivity contribution is 0.0690. The van der Waals surface area contributed by atoms with Gasteiger partial charge in [0.05, 0.1) is 0 Å². The van der Waals surface area contributed by atoms with Gasteiger partial charge in [-0.25, -0.2) is 9.78 Å². The number of carboxylic acid groups (broad SMARTS) is 1. The summed E-state index contributed by atoms with van der Waals surface area (Å²) in [5.74, 6) is -0.928. The average molecular weight is 154 g/mol. The number of aromatic nitrogens is 3. The highest BCUT2D eigenvalue weighted by atomic mass is 16.4. The van der Waals surface area contributed by atoms with Crippen LogP contribution < -0.4 is 5.32 Å². The number of hydrogen-bond acceptors (Lipinski definition) is 5. The average Bonchev–Trinajstić information content (AvgIpc) is 2.04. The Bertz CT molecular complexity index is 275. The summed E-state index contributed by atoms with van der Waals surface area (Å²) in [4.78, 5) is 14.1. The number of rotatable bonds is 2. The summed E-state index contributed by atoms with van der Waals surface area (Å²) in [7, 11) is 1.57. The minimum Gasteiger partial charge on any atom is -0.476 e. The van der Waals surface area contributed by atoms with Crippen molar-refractivity contribution < 1.29 is 9.90 Å². The van der Waals surface area contributed by atoms with E-state index in [-0.39, 0.29) is 11.5 Å². The SMILES string of the molecule is CNc1ncnnc1C(=O)O. The van der Waals surface area contributed by atoms with E-state index in [1.165, 1.54) is 6.33 Å². The van der Waals surface area contributed by atoms with Crippen molar-refractivity contribution in [3.8, 4) is 0 Å². The second kappa shape index (κ2) is 2.91. The predicted octanol–water partition coefficient (Wildman–Crippen LogP) is -0.389. The lowest BCUT2D eigenvalue weighted by Crippen LogP contribution is -2.08. The highest BCUT2D eigenvalue weighted by Gasteiger charge is 2.11. The van der Waals surface area contributed by atoms with E-state index in [9.17, 15) is 4.79 Å². The predicted molar refractivity (Wildman–Crippen MR) is 36.3 cm³/mol. The monoisotopic (exact) mass is 154 g/mol. The van der Waals surface area contributed by atoms with Gasteiger partial charge in [-0.3, -0.25) is 0 Å². The summed E-state index contributed by atoms with van der Waals surface area (Å²) in [6.45, 7) is 0. The van der Waals surface area contributed by atoms with Gasteiger partial charge in [-0.15, -0.1) is 10.2 Å². The fourth-order valence-corrected chi connectivity index (χ4v) is 0.603. The first-order chi connectivity index (χ1) is 5.25. The van der Waals surface area contributed by atoms with Crippen LogP contribution in [0.3, 0.4) is 0 Å². The Morgan fingerprint density at radius 3 is 2.91 bits per heavy atom. The Balaban J connectivity index is 3.12. The Kier molecular flexibility index (Phi) is 1.95. The molecule has 0 spiro atoms. The molecule has 11 heavy (non-hydrogen) atoms. The molecule has 0 unspecified atom stereocenters. The molecule has 0 aromatic carbocycles. The molecule has 0 atom stereocenters. The lowest BCUT2D eigenvalue weighted by atomic mass is 10.4. The molecule has 1 aromatic rings. The van der Waals surface area contributed by atoms with Crippen LogP contribution in [0.2, 0.25) is 0 Å². The van der Waals surface area contributed by atoms with Gasteiger partial charge in [0.15, 0.2) is 5.82 Å². The number of hydrogen-bond donors (Lipinski definition) is 2. The van der Waals surface area contributed by atoms with Gasteiger partial charge >= 0.3 is 5.97 Å². The van der Waals surface area contributed by atoms with Crippen LogP contribution in [0.15, 0.2) is 6.33 Å². The topological polar surface area (TPSA) is 88.0 Å². The maximum absolute atomic E-state index is 10.4. The Morgan fingerprint density at radius 2 is 2.45 bits per heavy atom. The minimum absolute atomic E-state index is 0.171. The van der Waals surface area contributed by atoms with Crippen LogP contribution in [0.25, 0.3) is 0 Å². The van der Waals surface area contributed by atoms with Crippen molar-refractivity contribution >= 4 is 11.8 Å². The maximum atomic E-state index is 10.4. The van der Waals surface area contributed by atoms with Crippen molar-refractivity contribution in [3.63, 3.8) is 0 Å². The summed E-state index contributed by atoms with van der Waals surface area (Å²) in [6, 6.07) is 0. The molecule has 1 aromatic heterocycles. The normalized spacial score (nSPS) is 9.18. The molecule has 1 heterocycles. The molecule has 6 nitrogen and oxygen atoms in total. The summed E-state index contributed by atoms with van der Waals surface area (Å²) in [5, 5.41) is 17.8. The zero-order valence-corrected chi connectivity index (χ0v) is 5.77. The molecule has 1 rings (SSSR count). The van der Waals surface area contributed by atoms with Gasteiger partial charge < -0.3 is 10.4 Å². The highest BCUT2D eigenvalue weighted by Crippen LogP contribution is 2.04. The van der Waals surface area contributed by atoms with E-state index < -0.39 is 5.97 Å². The maximum Gasteiger partial charge on any atom is 0.360 e. The molecular weight excluding hydrogens is 148 g/mol. The van der Waals surface area contributed by atoms with E-state index in [1.807, 2.05) is 0 Å². The van der Waals surface area contributed by atoms with Crippen molar-refractivity contribution in [2.45, 2.75) is 0 Å². The van der Waals surface area contributed by atoms with Gasteiger partial charge in [0.1, 0.15) is 6.33 Å². The third-order valence-electron chi connectivity index (χ3n) is 1.06. The number of anilines is 1. The molecule has 0 aliphatic rings. The second-order valence-corrected chi connectivity index (χ2v) is 1.71. The van der Waals surface area contributed by atoms with Crippen LogP contribution in [-0.4, -0.2) is 33.3 Å². The van der Waals surface area contributed by atoms with Gasteiger partial charge in [-0.1, -0.05) is 0 Å². The van der Waals surface area contributed by atoms with Crippen LogP contribution in [0, 0.1) is 0 Å². The van der Waals surface area contributed by atoms with Gasteiger partial charge in [0, 0.05) is 7.05 Å². The molecule has 0 bridgehead atoms. The largest absolute Gasteiger partial charge is 0.476 e. The van der Waals surface area contributed by atoms with Crippen LogP contribution in [0.4, 0.5) is 5.82 Å². The first-order valence-corrected chi connectivity index (χ1v) is 2.84. The molecule has 58 valence electrons. The number of nitrogens with one attached hydrogen (secondary N) is 1. The van der Waals surface area contributed by atoms with Crippen LogP contribution in [-0.2, 0) is 0 Å². The van der Waals surface area contributed by atoms with Crippen LogP contribution in [0.1, 0.15) is 10.5 Å². The number of carboxylic acids is 1. The molecule has 0 radical (unpaired) electrons. The van der Waals surface area contributed by atoms with E-state index in [2.05, 4.69) is 20.5 Å². The minimum atomic E-state index is -1.14. The molecule has 0 aliphatic heterocycles. The molecule has 0 saturated carbocycles. The Labute approximate surface area is 62.3 Å². The van der Waals surface area contributed by atoms with E-state index in [4.69, 9.17) is 5.11 Å². The number of carbonyl (C=O) groups is 1. The van der Waals surface area contributed by atoms with E-state index in [0.29, 0.717) is 0 Å². The van der Waals surface area contributed by atoms with E-state index in [1.54, 1.807) is 7.05 Å². The molecule has 0 saturated heterocycles. The summed E-state index contributed by atoms with van der Waals surface area (Å²) in [6.07, 6.45) is 1.18. The molecule has 2 N–H and O–H groups in total. The van der Waals surface area contributed by atoms with Crippen LogP contribution >= 0.6 is 0 Å². The Hall–Kier alpha value is -1.72. The van der Waals surface area contributed by atoms with Crippen LogP contribution in [0.5, 0.6) is 0 Å². The highest BCUT2D eigenvalue weighted by molar-refractivity contribution is 5.90. The fraction of sp³-hybridized carbons (Fsp3) is 0.200. The quantitative estimate of drug-likeness (QED) is 0.603. The van der Waals surface area contributed by atoms with Crippen molar-refractivity contribution in [1.29, 1.82) is 0 Å². The van der Waals surface area contributed by atoms with Crippen molar-refractivity contribution in [2.75, 3.05) is 12.4 Å². The van der Waals surface area contributed by atoms with Crippen molar-refractivity contribution in [1.82, 2.24) is 15.2 Å².